The van der Waals surface area contributed by atoms with E-state index in [9.17, 15) is 13.2 Å². The van der Waals surface area contributed by atoms with E-state index in [-0.39, 0.29) is 5.52 Å². The lowest BCUT2D eigenvalue weighted by atomic mass is 10.3. The molecule has 2 heterocycles. The molecule has 19 heavy (non-hydrogen) atoms. The summed E-state index contributed by atoms with van der Waals surface area (Å²) in [6.45, 7) is 2.05. The van der Waals surface area contributed by atoms with Crippen LogP contribution in [-0.2, 0) is 6.18 Å². The monoisotopic (exact) mass is 274 g/mol. The molecule has 0 aromatic carbocycles. The van der Waals surface area contributed by atoms with Gasteiger partial charge in [-0.3, -0.25) is 0 Å². The van der Waals surface area contributed by atoms with Crippen molar-refractivity contribution in [1.82, 2.24) is 14.6 Å². The summed E-state index contributed by atoms with van der Waals surface area (Å²) < 4.78 is 38.8. The predicted octanol–water partition coefficient (Wildman–Crippen LogP) is 1.93. The minimum atomic E-state index is -4.48. The summed E-state index contributed by atoms with van der Waals surface area (Å²) in [5.74, 6) is 0.311. The van der Waals surface area contributed by atoms with E-state index in [4.69, 9.17) is 5.11 Å². The number of aliphatic hydroxyl groups excluding tert-OH is 1. The predicted molar refractivity (Wildman–Crippen MR) is 62.8 cm³/mol. The van der Waals surface area contributed by atoms with Crippen molar-refractivity contribution in [3.05, 3.63) is 24.2 Å². The summed E-state index contributed by atoms with van der Waals surface area (Å²) >= 11 is 0. The van der Waals surface area contributed by atoms with Crippen molar-refractivity contribution in [2.75, 3.05) is 11.9 Å². The molecule has 0 saturated carbocycles. The summed E-state index contributed by atoms with van der Waals surface area (Å²) in [5.41, 5.74) is -0.709. The van der Waals surface area contributed by atoms with E-state index in [1.165, 1.54) is 12.4 Å². The van der Waals surface area contributed by atoms with Crippen molar-refractivity contribution in [2.24, 2.45) is 0 Å². The second-order valence-electron chi connectivity index (χ2n) is 4.20. The number of fused-ring (bicyclic) bond motifs is 1. The van der Waals surface area contributed by atoms with E-state index in [0.717, 1.165) is 10.6 Å². The van der Waals surface area contributed by atoms with E-state index < -0.39 is 18.0 Å². The highest BCUT2D eigenvalue weighted by atomic mass is 19.4. The van der Waals surface area contributed by atoms with Crippen LogP contribution in [0.1, 0.15) is 19.0 Å². The number of halogens is 3. The van der Waals surface area contributed by atoms with E-state index in [1.54, 1.807) is 6.92 Å². The Hall–Kier alpha value is -1.83. The topological polar surface area (TPSA) is 62.5 Å². The molecule has 0 radical (unpaired) electrons. The normalized spacial score (nSPS) is 13.7. The molecule has 1 atom stereocenters. The van der Waals surface area contributed by atoms with Crippen LogP contribution in [0.4, 0.5) is 19.0 Å². The first-order valence-corrected chi connectivity index (χ1v) is 5.71. The highest BCUT2D eigenvalue weighted by Gasteiger charge is 2.34. The average Bonchev–Trinajstić information content (AvgIpc) is 2.72. The van der Waals surface area contributed by atoms with Gasteiger partial charge in [-0.25, -0.2) is 9.50 Å². The SMILES string of the molecule is CC(O)CCNc1nccn2nc(C(F)(F)F)cc12. The van der Waals surface area contributed by atoms with E-state index >= 15 is 0 Å². The van der Waals surface area contributed by atoms with Crippen molar-refractivity contribution in [3.63, 3.8) is 0 Å². The minimum absolute atomic E-state index is 0.250. The van der Waals surface area contributed by atoms with Crippen LogP contribution >= 0.6 is 0 Å². The number of hydrogen-bond donors (Lipinski definition) is 2. The summed E-state index contributed by atoms with van der Waals surface area (Å²) in [4.78, 5) is 3.98. The molecule has 0 amide bonds. The summed E-state index contributed by atoms with van der Waals surface area (Å²) in [6, 6.07) is 0.942. The van der Waals surface area contributed by atoms with Gasteiger partial charge in [0.2, 0.25) is 0 Å². The number of anilines is 1. The van der Waals surface area contributed by atoms with Crippen molar-refractivity contribution in [3.8, 4) is 0 Å². The van der Waals surface area contributed by atoms with Crippen LogP contribution in [0, 0.1) is 0 Å². The third kappa shape index (κ3) is 3.14. The van der Waals surface area contributed by atoms with Crippen LogP contribution in [0.3, 0.4) is 0 Å². The van der Waals surface area contributed by atoms with Gasteiger partial charge in [0.1, 0.15) is 5.52 Å². The Morgan fingerprint density at radius 2 is 2.21 bits per heavy atom. The second kappa shape index (κ2) is 5.04. The number of rotatable bonds is 4. The molecule has 0 saturated heterocycles. The highest BCUT2D eigenvalue weighted by molar-refractivity contribution is 5.67. The molecule has 2 rings (SSSR count). The Bertz CT molecular complexity index is 565. The summed E-state index contributed by atoms with van der Waals surface area (Å²) in [5, 5.41) is 15.5. The first kappa shape index (κ1) is 13.6. The molecule has 8 heteroatoms. The van der Waals surface area contributed by atoms with Gasteiger partial charge in [-0.2, -0.15) is 18.3 Å². The Labute approximate surface area is 107 Å². The molecule has 0 aliphatic rings. The first-order chi connectivity index (χ1) is 8.88. The Kier molecular flexibility index (Phi) is 3.61. The quantitative estimate of drug-likeness (QED) is 0.894. The smallest absolute Gasteiger partial charge is 0.393 e. The number of nitrogens with one attached hydrogen (secondary N) is 1. The number of alkyl halides is 3. The number of aromatic nitrogens is 3. The average molecular weight is 274 g/mol. The van der Waals surface area contributed by atoms with Crippen LogP contribution < -0.4 is 5.32 Å². The van der Waals surface area contributed by atoms with Gasteiger partial charge in [0, 0.05) is 25.0 Å². The Balaban J connectivity index is 2.27. The van der Waals surface area contributed by atoms with Gasteiger partial charge in [-0.1, -0.05) is 0 Å². The maximum atomic E-state index is 12.6. The standard InChI is InChI=1S/C11H13F3N4O/c1-7(19)2-3-15-10-8-6-9(11(12,13)14)17-18(8)5-4-16-10/h4-7,19H,2-3H2,1H3,(H,15,16). The molecule has 2 N–H and O–H groups in total. The lowest BCUT2D eigenvalue weighted by Gasteiger charge is -2.07. The third-order valence-electron chi connectivity index (χ3n) is 2.53. The number of hydrogen-bond acceptors (Lipinski definition) is 4. The summed E-state index contributed by atoms with van der Waals surface area (Å²) in [7, 11) is 0. The first-order valence-electron chi connectivity index (χ1n) is 5.71. The van der Waals surface area contributed by atoms with E-state index in [2.05, 4.69) is 15.4 Å². The molecule has 2 aromatic rings. The molecule has 5 nitrogen and oxygen atoms in total. The van der Waals surface area contributed by atoms with Crippen molar-refractivity contribution >= 4 is 11.3 Å². The zero-order chi connectivity index (χ0) is 14.0. The third-order valence-corrected chi connectivity index (χ3v) is 2.53. The molecule has 0 aliphatic carbocycles. The van der Waals surface area contributed by atoms with Crippen molar-refractivity contribution in [1.29, 1.82) is 0 Å². The highest BCUT2D eigenvalue weighted by Crippen LogP contribution is 2.29. The van der Waals surface area contributed by atoms with Crippen LogP contribution in [0.25, 0.3) is 5.52 Å². The molecular weight excluding hydrogens is 261 g/mol. The van der Waals surface area contributed by atoms with E-state index in [0.29, 0.717) is 18.8 Å². The number of nitrogens with zero attached hydrogens (tertiary/aromatic N) is 3. The maximum Gasteiger partial charge on any atom is 0.435 e. The molecule has 104 valence electrons. The maximum absolute atomic E-state index is 12.6. The lowest BCUT2D eigenvalue weighted by Crippen LogP contribution is -2.11. The molecule has 0 fully saturated rings. The van der Waals surface area contributed by atoms with Gasteiger partial charge < -0.3 is 10.4 Å². The van der Waals surface area contributed by atoms with Gasteiger partial charge in [0.25, 0.3) is 0 Å². The molecular formula is C11H13F3N4O. The largest absolute Gasteiger partial charge is 0.435 e. The molecule has 2 aromatic heterocycles. The fraction of sp³-hybridized carbons (Fsp3) is 0.455. The molecule has 1 unspecified atom stereocenters. The van der Waals surface area contributed by atoms with Gasteiger partial charge >= 0.3 is 6.18 Å². The summed E-state index contributed by atoms with van der Waals surface area (Å²) in [6.07, 6.45) is -1.77. The van der Waals surface area contributed by atoms with Crippen molar-refractivity contribution in [2.45, 2.75) is 25.6 Å². The van der Waals surface area contributed by atoms with Gasteiger partial charge in [-0.05, 0) is 13.3 Å². The fourth-order valence-electron chi connectivity index (χ4n) is 1.60. The van der Waals surface area contributed by atoms with Crippen LogP contribution in [0.2, 0.25) is 0 Å². The van der Waals surface area contributed by atoms with Gasteiger partial charge in [0.15, 0.2) is 11.5 Å². The van der Waals surface area contributed by atoms with E-state index in [1.807, 2.05) is 0 Å². The number of aliphatic hydroxyl groups is 1. The second-order valence-corrected chi connectivity index (χ2v) is 4.20. The van der Waals surface area contributed by atoms with Crippen molar-refractivity contribution < 1.29 is 18.3 Å². The lowest BCUT2D eigenvalue weighted by molar-refractivity contribution is -0.141. The Morgan fingerprint density at radius 1 is 1.47 bits per heavy atom. The Morgan fingerprint density at radius 3 is 2.84 bits per heavy atom. The van der Waals surface area contributed by atoms with Crippen LogP contribution in [0.5, 0.6) is 0 Å². The fourth-order valence-corrected chi connectivity index (χ4v) is 1.60. The van der Waals surface area contributed by atoms with Gasteiger partial charge in [-0.15, -0.1) is 0 Å². The molecule has 0 bridgehead atoms. The zero-order valence-corrected chi connectivity index (χ0v) is 10.1. The van der Waals surface area contributed by atoms with Crippen LogP contribution in [-0.4, -0.2) is 32.4 Å². The molecule has 0 aliphatic heterocycles. The zero-order valence-electron chi connectivity index (χ0n) is 10.1. The van der Waals surface area contributed by atoms with Crippen LogP contribution in [0.15, 0.2) is 18.5 Å². The van der Waals surface area contributed by atoms with Gasteiger partial charge in [0.05, 0.1) is 6.10 Å². The minimum Gasteiger partial charge on any atom is -0.393 e. The molecule has 0 spiro atoms.